The maximum Gasteiger partial charge on any atom is 0.263 e. The molecule has 7 nitrogen and oxygen atoms in total. The van der Waals surface area contributed by atoms with Crippen LogP contribution in [0.4, 0.5) is 5.69 Å². The quantitative estimate of drug-likeness (QED) is 0.878. The van der Waals surface area contributed by atoms with Crippen molar-refractivity contribution in [3.8, 4) is 0 Å². The molecule has 2 aromatic rings. The minimum atomic E-state index is -3.54. The van der Waals surface area contributed by atoms with Crippen LogP contribution in [0.25, 0.3) is 0 Å². The molecule has 1 amide bonds. The molecule has 1 aromatic heterocycles. The predicted molar refractivity (Wildman–Crippen MR) is 85.7 cm³/mol. The summed E-state index contributed by atoms with van der Waals surface area (Å²) in [5.41, 5.74) is 1.19. The fraction of sp³-hybridized carbons (Fsp3) is 0.133. The van der Waals surface area contributed by atoms with Crippen LogP contribution in [-0.4, -0.2) is 31.7 Å². The SMILES string of the molecule is O=C(CCN=C1NS(=O)(=O)c2ccccc21)Nc1ccncc1. The lowest BCUT2D eigenvalue weighted by molar-refractivity contribution is -0.116. The topological polar surface area (TPSA) is 101 Å². The fourth-order valence-electron chi connectivity index (χ4n) is 2.18. The van der Waals surface area contributed by atoms with Crippen LogP contribution in [0.3, 0.4) is 0 Å². The molecule has 23 heavy (non-hydrogen) atoms. The molecule has 2 heterocycles. The molecule has 0 aliphatic carbocycles. The van der Waals surface area contributed by atoms with Gasteiger partial charge in [0.15, 0.2) is 0 Å². The third-order valence-electron chi connectivity index (χ3n) is 3.24. The highest BCUT2D eigenvalue weighted by Crippen LogP contribution is 2.22. The standard InChI is InChI=1S/C15H14N4O3S/c20-14(18-11-5-8-16-9-6-11)7-10-17-15-12-3-1-2-4-13(12)23(21,22)19-15/h1-6,8-9H,7,10H2,(H,17,19)(H,16,18,20). The molecule has 0 unspecified atom stereocenters. The summed E-state index contributed by atoms with van der Waals surface area (Å²) in [5, 5.41) is 2.72. The van der Waals surface area contributed by atoms with E-state index in [-0.39, 0.29) is 29.6 Å². The molecule has 1 aliphatic heterocycles. The van der Waals surface area contributed by atoms with E-state index in [0.717, 1.165) is 0 Å². The van der Waals surface area contributed by atoms with Gasteiger partial charge < -0.3 is 5.32 Å². The van der Waals surface area contributed by atoms with E-state index < -0.39 is 10.0 Å². The number of sulfonamides is 1. The van der Waals surface area contributed by atoms with Gasteiger partial charge in [0, 0.05) is 30.1 Å². The van der Waals surface area contributed by atoms with E-state index in [1.165, 1.54) is 6.07 Å². The van der Waals surface area contributed by atoms with Crippen molar-refractivity contribution in [2.24, 2.45) is 4.99 Å². The molecule has 1 aromatic carbocycles. The molecule has 1 aliphatic rings. The number of aliphatic imine (C=N–C) groups is 1. The van der Waals surface area contributed by atoms with Gasteiger partial charge in [-0.15, -0.1) is 0 Å². The summed E-state index contributed by atoms with van der Waals surface area (Å²) < 4.78 is 26.3. The minimum absolute atomic E-state index is 0.149. The van der Waals surface area contributed by atoms with Crippen molar-refractivity contribution in [1.29, 1.82) is 0 Å². The zero-order valence-corrected chi connectivity index (χ0v) is 12.9. The summed E-state index contributed by atoms with van der Waals surface area (Å²) in [5.74, 6) is 0.0759. The van der Waals surface area contributed by atoms with E-state index in [4.69, 9.17) is 0 Å². The average Bonchev–Trinajstić information content (AvgIpc) is 2.80. The van der Waals surface area contributed by atoms with Gasteiger partial charge in [-0.1, -0.05) is 12.1 Å². The summed E-state index contributed by atoms with van der Waals surface area (Å²) >= 11 is 0. The largest absolute Gasteiger partial charge is 0.326 e. The first-order valence-corrected chi connectivity index (χ1v) is 8.41. The van der Waals surface area contributed by atoms with E-state index in [0.29, 0.717) is 11.3 Å². The number of carbonyl (C=O) groups is 1. The second-order valence-corrected chi connectivity index (χ2v) is 6.52. The molecule has 0 radical (unpaired) electrons. The van der Waals surface area contributed by atoms with Gasteiger partial charge in [-0.25, -0.2) is 8.42 Å². The fourth-order valence-corrected chi connectivity index (χ4v) is 3.43. The number of nitrogens with zero attached hydrogens (tertiary/aromatic N) is 2. The number of hydrogen-bond donors (Lipinski definition) is 2. The van der Waals surface area contributed by atoms with Crippen molar-refractivity contribution in [2.45, 2.75) is 11.3 Å². The summed E-state index contributed by atoms with van der Waals surface area (Å²) in [6.45, 7) is 0.184. The van der Waals surface area contributed by atoms with E-state index in [2.05, 4.69) is 20.0 Å². The molecule has 8 heteroatoms. The lowest BCUT2D eigenvalue weighted by Crippen LogP contribution is -2.23. The molecule has 118 valence electrons. The zero-order valence-electron chi connectivity index (χ0n) is 12.1. The molecule has 0 fully saturated rings. The third kappa shape index (κ3) is 3.37. The normalized spacial score (nSPS) is 16.6. The van der Waals surface area contributed by atoms with Gasteiger partial charge in [0.25, 0.3) is 10.0 Å². The van der Waals surface area contributed by atoms with Crippen LogP contribution in [0.1, 0.15) is 12.0 Å². The Morgan fingerprint density at radius 2 is 1.91 bits per heavy atom. The molecule has 2 N–H and O–H groups in total. The Morgan fingerprint density at radius 1 is 1.17 bits per heavy atom. The Balaban J connectivity index is 1.64. The van der Waals surface area contributed by atoms with Crippen molar-refractivity contribution < 1.29 is 13.2 Å². The molecular formula is C15H14N4O3S. The van der Waals surface area contributed by atoms with E-state index in [1.807, 2.05) is 0 Å². The first-order valence-electron chi connectivity index (χ1n) is 6.93. The number of carbonyl (C=O) groups excluding carboxylic acids is 1. The number of hydrogen-bond acceptors (Lipinski definition) is 5. The van der Waals surface area contributed by atoms with Crippen molar-refractivity contribution in [3.63, 3.8) is 0 Å². The predicted octanol–water partition coefficient (Wildman–Crippen LogP) is 1.15. The number of aromatic nitrogens is 1. The molecule has 0 saturated carbocycles. The summed E-state index contributed by atoms with van der Waals surface area (Å²) in [6, 6.07) is 9.98. The first-order chi connectivity index (χ1) is 11.1. The lowest BCUT2D eigenvalue weighted by atomic mass is 10.2. The zero-order chi connectivity index (χ0) is 16.3. The summed E-state index contributed by atoms with van der Waals surface area (Å²) in [4.78, 5) is 20.1. The number of anilines is 1. The average molecular weight is 330 g/mol. The minimum Gasteiger partial charge on any atom is -0.326 e. The number of amides is 1. The number of rotatable bonds is 4. The van der Waals surface area contributed by atoms with Gasteiger partial charge in [0.2, 0.25) is 5.91 Å². The third-order valence-corrected chi connectivity index (χ3v) is 4.63. The molecule has 0 saturated heterocycles. The monoisotopic (exact) mass is 330 g/mol. The molecule has 0 bridgehead atoms. The maximum absolute atomic E-state index is 11.9. The van der Waals surface area contributed by atoms with Crippen LogP contribution in [0.15, 0.2) is 58.7 Å². The van der Waals surface area contributed by atoms with Crippen LogP contribution < -0.4 is 10.0 Å². The Labute approximate surface area is 133 Å². The Morgan fingerprint density at radius 3 is 2.70 bits per heavy atom. The number of amidine groups is 1. The lowest BCUT2D eigenvalue weighted by Gasteiger charge is -2.03. The van der Waals surface area contributed by atoms with Gasteiger partial charge in [-0.3, -0.25) is 19.5 Å². The van der Waals surface area contributed by atoms with Gasteiger partial charge in [-0.2, -0.15) is 0 Å². The highest BCUT2D eigenvalue weighted by atomic mass is 32.2. The van der Waals surface area contributed by atoms with E-state index in [9.17, 15) is 13.2 Å². The molecule has 0 spiro atoms. The van der Waals surface area contributed by atoms with Crippen LogP contribution in [0, 0.1) is 0 Å². The van der Waals surface area contributed by atoms with Gasteiger partial charge in [0.1, 0.15) is 5.84 Å². The number of pyridine rings is 1. The summed E-state index contributed by atoms with van der Waals surface area (Å²) in [7, 11) is -3.54. The van der Waals surface area contributed by atoms with Crippen LogP contribution >= 0.6 is 0 Å². The second kappa shape index (κ2) is 6.17. The molecule has 0 atom stereocenters. The van der Waals surface area contributed by atoms with Crippen molar-refractivity contribution in [2.75, 3.05) is 11.9 Å². The van der Waals surface area contributed by atoms with E-state index >= 15 is 0 Å². The molecule has 3 rings (SSSR count). The molecular weight excluding hydrogens is 316 g/mol. The van der Waals surface area contributed by atoms with Gasteiger partial charge >= 0.3 is 0 Å². The van der Waals surface area contributed by atoms with Crippen molar-refractivity contribution >= 4 is 27.5 Å². The van der Waals surface area contributed by atoms with Crippen LogP contribution in [0.2, 0.25) is 0 Å². The van der Waals surface area contributed by atoms with Gasteiger partial charge in [0.05, 0.1) is 11.4 Å². The Hall–Kier alpha value is -2.74. The van der Waals surface area contributed by atoms with Crippen molar-refractivity contribution in [1.82, 2.24) is 9.71 Å². The maximum atomic E-state index is 11.9. The Kier molecular flexibility index (Phi) is 4.07. The summed E-state index contributed by atoms with van der Waals surface area (Å²) in [6.07, 6.45) is 3.32. The second-order valence-electron chi connectivity index (χ2n) is 4.87. The van der Waals surface area contributed by atoms with Crippen LogP contribution in [0.5, 0.6) is 0 Å². The number of fused-ring (bicyclic) bond motifs is 1. The highest BCUT2D eigenvalue weighted by molar-refractivity contribution is 7.90. The Bertz CT molecular complexity index is 863. The smallest absolute Gasteiger partial charge is 0.263 e. The van der Waals surface area contributed by atoms with E-state index in [1.54, 1.807) is 42.7 Å². The van der Waals surface area contributed by atoms with Gasteiger partial charge in [-0.05, 0) is 24.3 Å². The highest BCUT2D eigenvalue weighted by Gasteiger charge is 2.29. The van der Waals surface area contributed by atoms with Crippen molar-refractivity contribution in [3.05, 3.63) is 54.4 Å². The number of benzene rings is 1. The van der Waals surface area contributed by atoms with Crippen LogP contribution in [-0.2, 0) is 14.8 Å². The first kappa shape index (κ1) is 15.2. The number of nitrogens with one attached hydrogen (secondary N) is 2.